The van der Waals surface area contributed by atoms with Crippen LogP contribution in [0.25, 0.3) is 15.9 Å². The van der Waals surface area contributed by atoms with Gasteiger partial charge in [0, 0.05) is 16.9 Å². The van der Waals surface area contributed by atoms with E-state index >= 15 is 0 Å². The number of benzene rings is 1. The average Bonchev–Trinajstić information content (AvgIpc) is 3.65. The van der Waals surface area contributed by atoms with Crippen molar-refractivity contribution in [2.75, 3.05) is 6.61 Å². The van der Waals surface area contributed by atoms with Crippen LogP contribution in [0, 0.1) is 11.3 Å². The molecule has 1 aromatic carbocycles. The zero-order chi connectivity index (χ0) is 21.2. The van der Waals surface area contributed by atoms with Crippen molar-refractivity contribution in [2.24, 2.45) is 17.1 Å². The van der Waals surface area contributed by atoms with Gasteiger partial charge in [-0.25, -0.2) is 4.98 Å². The predicted octanol–water partition coefficient (Wildman–Crippen LogP) is 3.65. The van der Waals surface area contributed by atoms with Crippen LogP contribution in [0.4, 0.5) is 0 Å². The Morgan fingerprint density at radius 3 is 2.97 bits per heavy atom. The van der Waals surface area contributed by atoms with E-state index in [1.807, 2.05) is 25.1 Å². The molecule has 0 bridgehead atoms. The van der Waals surface area contributed by atoms with Gasteiger partial charge in [0.05, 0.1) is 27.2 Å². The molecule has 3 aromatic heterocycles. The molecule has 8 nitrogen and oxygen atoms in total. The van der Waals surface area contributed by atoms with Crippen molar-refractivity contribution in [2.45, 2.75) is 42.2 Å². The number of carbonyl (C=O) groups excluding carboxylic acids is 1. The number of amides is 1. The molecule has 3 heterocycles. The molecule has 0 saturated heterocycles. The molecule has 2 aliphatic carbocycles. The van der Waals surface area contributed by atoms with Gasteiger partial charge in [-0.3, -0.25) is 4.79 Å². The fourth-order valence-corrected chi connectivity index (χ4v) is 6.50. The van der Waals surface area contributed by atoms with E-state index < -0.39 is 0 Å². The summed E-state index contributed by atoms with van der Waals surface area (Å²) in [4.78, 5) is 18.0. The van der Waals surface area contributed by atoms with Crippen LogP contribution in [-0.4, -0.2) is 37.3 Å². The van der Waals surface area contributed by atoms with E-state index in [2.05, 4.69) is 21.4 Å². The Bertz CT molecular complexity index is 1330. The third-order valence-electron chi connectivity index (χ3n) is 6.15. The molecule has 0 radical (unpaired) electrons. The number of nitrogens with two attached hydrogens (primary N) is 1. The van der Waals surface area contributed by atoms with Crippen molar-refractivity contribution in [3.8, 4) is 5.88 Å². The first-order valence-electron chi connectivity index (χ1n) is 10.3. The Hall–Kier alpha value is -2.72. The predicted molar refractivity (Wildman–Crippen MR) is 117 cm³/mol. The van der Waals surface area contributed by atoms with Gasteiger partial charge in [0.2, 0.25) is 16.9 Å². The monoisotopic (exact) mass is 452 g/mol. The largest absolute Gasteiger partial charge is 0.477 e. The van der Waals surface area contributed by atoms with Crippen LogP contribution in [0.15, 0.2) is 40.4 Å². The zero-order valence-electron chi connectivity index (χ0n) is 16.8. The lowest BCUT2D eigenvalue weighted by molar-refractivity contribution is -0.124. The molecule has 2 unspecified atom stereocenters. The Labute approximate surface area is 186 Å². The fourth-order valence-electron chi connectivity index (χ4n) is 4.39. The molecular formula is C21H20N6O2S2. The van der Waals surface area contributed by atoms with Gasteiger partial charge in [-0.15, -0.1) is 26.6 Å². The highest BCUT2D eigenvalue weighted by Gasteiger charge is 2.67. The molecule has 4 aromatic rings. The highest BCUT2D eigenvalue weighted by molar-refractivity contribution is 7.99. The number of carbonyl (C=O) groups is 1. The summed E-state index contributed by atoms with van der Waals surface area (Å²) in [6.07, 6.45) is 3.06. The maximum absolute atomic E-state index is 12.1. The van der Waals surface area contributed by atoms with E-state index in [4.69, 9.17) is 15.5 Å². The third kappa shape index (κ3) is 3.08. The molecule has 2 fully saturated rings. The quantitative estimate of drug-likeness (QED) is 0.456. The van der Waals surface area contributed by atoms with E-state index in [0.717, 1.165) is 39.4 Å². The smallest absolute Gasteiger partial charge is 0.231 e. The Morgan fingerprint density at radius 2 is 2.19 bits per heavy atom. The van der Waals surface area contributed by atoms with E-state index in [9.17, 15) is 4.79 Å². The van der Waals surface area contributed by atoms with Crippen molar-refractivity contribution in [3.63, 3.8) is 0 Å². The van der Waals surface area contributed by atoms with Gasteiger partial charge in [-0.1, -0.05) is 0 Å². The van der Waals surface area contributed by atoms with Gasteiger partial charge in [0.15, 0.2) is 5.65 Å². The number of nitrogens with zero attached hydrogens (tertiary/aromatic N) is 5. The minimum Gasteiger partial charge on any atom is -0.477 e. The lowest BCUT2D eigenvalue weighted by atomic mass is 9.96. The minimum absolute atomic E-state index is 0.159. The summed E-state index contributed by atoms with van der Waals surface area (Å²) in [7, 11) is 0. The highest BCUT2D eigenvalue weighted by Crippen LogP contribution is 2.70. The van der Waals surface area contributed by atoms with Crippen molar-refractivity contribution in [3.05, 3.63) is 35.3 Å². The van der Waals surface area contributed by atoms with Gasteiger partial charge in [-0.05, 0) is 68.1 Å². The molecule has 10 heteroatoms. The van der Waals surface area contributed by atoms with Gasteiger partial charge in [0.25, 0.3) is 0 Å². The zero-order valence-corrected chi connectivity index (χ0v) is 18.4. The molecule has 2 N–H and O–H groups in total. The number of ether oxygens (including phenoxy) is 1. The maximum Gasteiger partial charge on any atom is 0.231 e. The second-order valence-corrected chi connectivity index (χ2v) is 10.2. The summed E-state index contributed by atoms with van der Waals surface area (Å²) in [5, 5.41) is 14.6. The van der Waals surface area contributed by atoms with Crippen LogP contribution >= 0.6 is 23.1 Å². The number of hydrogen-bond donors (Lipinski definition) is 1. The van der Waals surface area contributed by atoms with Crippen LogP contribution in [0.1, 0.15) is 37.1 Å². The van der Waals surface area contributed by atoms with Crippen LogP contribution in [0.2, 0.25) is 0 Å². The van der Waals surface area contributed by atoms with Crippen molar-refractivity contribution >= 4 is 44.9 Å². The topological polar surface area (TPSA) is 108 Å². The molecule has 31 heavy (non-hydrogen) atoms. The molecule has 2 aliphatic rings. The lowest BCUT2D eigenvalue weighted by Crippen LogP contribution is -2.28. The maximum atomic E-state index is 12.1. The molecule has 6 rings (SSSR count). The normalized spacial score (nSPS) is 22.8. The van der Waals surface area contributed by atoms with Gasteiger partial charge in [0.1, 0.15) is 0 Å². The van der Waals surface area contributed by atoms with E-state index in [-0.39, 0.29) is 17.2 Å². The molecular weight excluding hydrogens is 432 g/mol. The van der Waals surface area contributed by atoms with Crippen LogP contribution in [0.3, 0.4) is 0 Å². The molecule has 2 atom stereocenters. The summed E-state index contributed by atoms with van der Waals surface area (Å²) in [6.45, 7) is 2.47. The van der Waals surface area contributed by atoms with E-state index in [0.29, 0.717) is 29.2 Å². The lowest BCUT2D eigenvalue weighted by Gasteiger charge is -2.10. The SMILES string of the molecule is CCOc1ccc2nnc(Sc3ccc4nc(C5CC5(C(N)=O)C5CC5)sc4c3)n2n1. The fraction of sp³-hybridized carbons (Fsp3) is 0.381. The first-order valence-corrected chi connectivity index (χ1v) is 12.0. The summed E-state index contributed by atoms with van der Waals surface area (Å²) in [5.74, 6) is 1.00. The van der Waals surface area contributed by atoms with Crippen molar-refractivity contribution in [1.82, 2.24) is 24.8 Å². The molecule has 0 spiro atoms. The Kier molecular flexibility index (Phi) is 4.23. The van der Waals surface area contributed by atoms with Crippen LogP contribution in [0.5, 0.6) is 5.88 Å². The van der Waals surface area contributed by atoms with Gasteiger partial charge < -0.3 is 10.5 Å². The Balaban J connectivity index is 1.29. The number of primary amides is 1. The van der Waals surface area contributed by atoms with Crippen molar-refractivity contribution in [1.29, 1.82) is 0 Å². The summed E-state index contributed by atoms with van der Waals surface area (Å²) < 4.78 is 8.28. The van der Waals surface area contributed by atoms with E-state index in [1.165, 1.54) is 11.8 Å². The molecule has 158 valence electrons. The second kappa shape index (κ2) is 6.89. The number of fused-ring (bicyclic) bond motifs is 2. The minimum atomic E-state index is -0.351. The van der Waals surface area contributed by atoms with Crippen molar-refractivity contribution < 1.29 is 9.53 Å². The van der Waals surface area contributed by atoms with E-state index in [1.54, 1.807) is 21.9 Å². The number of rotatable bonds is 7. The van der Waals surface area contributed by atoms with Crippen LogP contribution in [-0.2, 0) is 4.79 Å². The highest BCUT2D eigenvalue weighted by atomic mass is 32.2. The molecule has 0 aliphatic heterocycles. The Morgan fingerprint density at radius 1 is 1.32 bits per heavy atom. The number of hydrogen-bond acceptors (Lipinski definition) is 8. The third-order valence-corrected chi connectivity index (χ3v) is 8.21. The molecule has 2 saturated carbocycles. The summed E-state index contributed by atoms with van der Waals surface area (Å²) >= 11 is 3.16. The number of thiazole rings is 1. The average molecular weight is 453 g/mol. The molecule has 1 amide bonds. The second-order valence-electron chi connectivity index (χ2n) is 8.08. The van der Waals surface area contributed by atoms with Gasteiger partial charge in [-0.2, -0.15) is 4.52 Å². The van der Waals surface area contributed by atoms with Crippen LogP contribution < -0.4 is 10.5 Å². The first-order chi connectivity index (χ1) is 15.1. The summed E-state index contributed by atoms with van der Waals surface area (Å²) in [6, 6.07) is 9.79. The summed E-state index contributed by atoms with van der Waals surface area (Å²) in [5.41, 5.74) is 7.05. The first kappa shape index (κ1) is 19.0. The standard InChI is InChI=1S/C21H20N6O2S2/c1-2-29-17-8-7-16-24-25-20(27(16)26-17)30-12-5-6-14-15(9-12)31-18(23-14)13-10-21(13,19(22)28)11-3-4-11/h5-9,11,13H,2-4,10H2,1H3,(H2,22,28). The number of aromatic nitrogens is 5. The van der Waals surface area contributed by atoms with Gasteiger partial charge >= 0.3 is 0 Å².